The Balaban J connectivity index is 2.63. The summed E-state index contributed by atoms with van der Waals surface area (Å²) >= 11 is 0. The fraction of sp³-hybridized carbons (Fsp3) is 0.571. The number of benzene rings is 1. The highest BCUT2D eigenvalue weighted by molar-refractivity contribution is 5.51. The van der Waals surface area contributed by atoms with Gasteiger partial charge < -0.3 is 10.5 Å². The zero-order valence-corrected chi connectivity index (χ0v) is 10.8. The summed E-state index contributed by atoms with van der Waals surface area (Å²) < 4.78 is 19.3. The van der Waals surface area contributed by atoms with Crippen LogP contribution in [0, 0.1) is 12.7 Å². The van der Waals surface area contributed by atoms with E-state index in [4.69, 9.17) is 10.5 Å². The lowest BCUT2D eigenvalue weighted by atomic mass is 9.88. The summed E-state index contributed by atoms with van der Waals surface area (Å²) in [5.74, 6) is 0.510. The number of ether oxygens (including phenoxy) is 1. The summed E-state index contributed by atoms with van der Waals surface area (Å²) in [6.45, 7) is 4.43. The van der Waals surface area contributed by atoms with E-state index < -0.39 is 0 Å². The largest absolute Gasteiger partial charge is 0.496 e. The van der Waals surface area contributed by atoms with Crippen molar-refractivity contribution in [1.82, 2.24) is 0 Å². The molecule has 1 aromatic rings. The molecule has 0 unspecified atom stereocenters. The Morgan fingerprint density at radius 1 is 1.47 bits per heavy atom. The maximum atomic E-state index is 13.9. The third kappa shape index (κ3) is 1.82. The van der Waals surface area contributed by atoms with Gasteiger partial charge in [-0.1, -0.05) is 6.92 Å². The van der Waals surface area contributed by atoms with Gasteiger partial charge in [0.1, 0.15) is 11.6 Å². The van der Waals surface area contributed by atoms with E-state index in [1.165, 1.54) is 0 Å². The van der Waals surface area contributed by atoms with Gasteiger partial charge in [0.25, 0.3) is 0 Å². The average Bonchev–Trinajstić information content (AvgIpc) is 3.12. The number of hydrogen-bond donors (Lipinski definition) is 1. The number of methoxy groups -OCH3 is 1. The molecule has 0 saturated heterocycles. The fourth-order valence-electron chi connectivity index (χ4n) is 2.61. The first-order chi connectivity index (χ1) is 8.09. The van der Waals surface area contributed by atoms with E-state index in [2.05, 4.69) is 6.92 Å². The molecule has 3 heteroatoms. The summed E-state index contributed by atoms with van der Waals surface area (Å²) in [4.78, 5) is 0. The number of rotatable bonds is 4. The lowest BCUT2D eigenvalue weighted by Gasteiger charge is -2.21. The second kappa shape index (κ2) is 4.30. The Kier molecular flexibility index (Phi) is 3.13. The van der Waals surface area contributed by atoms with Crippen molar-refractivity contribution in [3.05, 3.63) is 28.6 Å². The molecule has 2 N–H and O–H groups in total. The van der Waals surface area contributed by atoms with Gasteiger partial charge in [-0.05, 0) is 43.4 Å². The van der Waals surface area contributed by atoms with Crippen molar-refractivity contribution >= 4 is 0 Å². The van der Waals surface area contributed by atoms with Gasteiger partial charge in [-0.2, -0.15) is 0 Å². The molecule has 2 nitrogen and oxygen atoms in total. The van der Waals surface area contributed by atoms with E-state index in [0.717, 1.165) is 30.4 Å². The van der Waals surface area contributed by atoms with Crippen LogP contribution in [0.1, 0.15) is 36.5 Å². The van der Waals surface area contributed by atoms with Crippen LogP contribution in [-0.4, -0.2) is 13.7 Å². The molecule has 0 radical (unpaired) electrons. The van der Waals surface area contributed by atoms with Gasteiger partial charge in [0.15, 0.2) is 0 Å². The van der Waals surface area contributed by atoms with E-state index >= 15 is 0 Å². The predicted molar refractivity (Wildman–Crippen MR) is 67.0 cm³/mol. The molecule has 0 atom stereocenters. The molecular formula is C14H20FNO. The molecule has 1 aromatic carbocycles. The summed E-state index contributed by atoms with van der Waals surface area (Å²) in [7, 11) is 1.60. The summed E-state index contributed by atoms with van der Waals surface area (Å²) in [6, 6.07) is 1.66. The standard InChI is InChI=1S/C14H20FNO/c1-4-10-11(14(8-16)5-6-14)7-12(15)9(2)13(10)17-3/h7H,4-6,8,16H2,1-3H3. The maximum absolute atomic E-state index is 13.9. The number of nitrogens with two attached hydrogens (primary N) is 1. The van der Waals surface area contributed by atoms with Gasteiger partial charge >= 0.3 is 0 Å². The zero-order valence-electron chi connectivity index (χ0n) is 10.8. The molecule has 1 saturated carbocycles. The second-order valence-corrected chi connectivity index (χ2v) is 4.88. The molecule has 0 bridgehead atoms. The van der Waals surface area contributed by atoms with E-state index in [-0.39, 0.29) is 11.2 Å². The molecular weight excluding hydrogens is 217 g/mol. The second-order valence-electron chi connectivity index (χ2n) is 4.88. The van der Waals surface area contributed by atoms with E-state index in [1.54, 1.807) is 20.1 Å². The van der Waals surface area contributed by atoms with Gasteiger partial charge in [-0.15, -0.1) is 0 Å². The molecule has 17 heavy (non-hydrogen) atoms. The molecule has 2 rings (SSSR count). The van der Waals surface area contributed by atoms with Crippen LogP contribution in [-0.2, 0) is 11.8 Å². The predicted octanol–water partition coefficient (Wildman–Crippen LogP) is 2.70. The van der Waals surface area contributed by atoms with E-state index in [1.807, 2.05) is 0 Å². The SMILES string of the molecule is CCc1c(C2(CN)CC2)cc(F)c(C)c1OC. The van der Waals surface area contributed by atoms with Crippen LogP contribution in [0.3, 0.4) is 0 Å². The minimum atomic E-state index is -0.186. The molecule has 0 heterocycles. The Morgan fingerprint density at radius 2 is 2.12 bits per heavy atom. The van der Waals surface area contributed by atoms with Gasteiger partial charge in [0.05, 0.1) is 7.11 Å². The molecule has 0 amide bonds. The quantitative estimate of drug-likeness (QED) is 0.873. The van der Waals surface area contributed by atoms with Gasteiger partial charge in [-0.3, -0.25) is 0 Å². The Labute approximate surface area is 102 Å². The number of halogens is 1. The van der Waals surface area contributed by atoms with Crippen LogP contribution >= 0.6 is 0 Å². The first-order valence-corrected chi connectivity index (χ1v) is 6.16. The minimum Gasteiger partial charge on any atom is -0.496 e. The van der Waals surface area contributed by atoms with E-state index in [0.29, 0.717) is 17.9 Å². The highest BCUT2D eigenvalue weighted by Gasteiger charge is 2.45. The summed E-state index contributed by atoms with van der Waals surface area (Å²) in [5, 5.41) is 0. The van der Waals surface area contributed by atoms with Crippen LogP contribution in [0.2, 0.25) is 0 Å². The first-order valence-electron chi connectivity index (χ1n) is 6.16. The summed E-state index contributed by atoms with van der Waals surface area (Å²) in [6.07, 6.45) is 2.96. The lowest BCUT2D eigenvalue weighted by molar-refractivity contribution is 0.400. The van der Waals surface area contributed by atoms with Crippen molar-refractivity contribution in [3.8, 4) is 5.75 Å². The monoisotopic (exact) mass is 237 g/mol. The van der Waals surface area contributed by atoms with Crippen LogP contribution in [0.4, 0.5) is 4.39 Å². The van der Waals surface area contributed by atoms with Crippen molar-refractivity contribution in [2.75, 3.05) is 13.7 Å². The Morgan fingerprint density at radius 3 is 2.53 bits per heavy atom. The normalized spacial score (nSPS) is 17.0. The summed E-state index contributed by atoms with van der Waals surface area (Å²) in [5.41, 5.74) is 8.62. The molecule has 1 aliphatic rings. The highest BCUT2D eigenvalue weighted by Crippen LogP contribution is 2.50. The van der Waals surface area contributed by atoms with Crippen LogP contribution in [0.5, 0.6) is 5.75 Å². The molecule has 0 spiro atoms. The van der Waals surface area contributed by atoms with Gasteiger partial charge in [-0.25, -0.2) is 4.39 Å². The zero-order chi connectivity index (χ0) is 12.6. The van der Waals surface area contributed by atoms with Crippen LogP contribution < -0.4 is 10.5 Å². The molecule has 0 aromatic heterocycles. The fourth-order valence-corrected chi connectivity index (χ4v) is 2.61. The smallest absolute Gasteiger partial charge is 0.130 e. The average molecular weight is 237 g/mol. The van der Waals surface area contributed by atoms with Crippen molar-refractivity contribution in [1.29, 1.82) is 0 Å². The van der Waals surface area contributed by atoms with Gasteiger partial charge in [0, 0.05) is 17.5 Å². The Hall–Kier alpha value is -1.09. The topological polar surface area (TPSA) is 35.2 Å². The van der Waals surface area contributed by atoms with Crippen molar-refractivity contribution in [2.45, 2.75) is 38.5 Å². The Bertz CT molecular complexity index is 438. The third-order valence-electron chi connectivity index (χ3n) is 3.94. The molecule has 94 valence electrons. The van der Waals surface area contributed by atoms with Crippen molar-refractivity contribution in [3.63, 3.8) is 0 Å². The molecule has 1 fully saturated rings. The third-order valence-corrected chi connectivity index (χ3v) is 3.94. The van der Waals surface area contributed by atoms with E-state index in [9.17, 15) is 4.39 Å². The molecule has 1 aliphatic carbocycles. The van der Waals surface area contributed by atoms with Crippen LogP contribution in [0.15, 0.2) is 6.07 Å². The van der Waals surface area contributed by atoms with Gasteiger partial charge in [0.2, 0.25) is 0 Å². The lowest BCUT2D eigenvalue weighted by Crippen LogP contribution is -2.22. The van der Waals surface area contributed by atoms with Crippen molar-refractivity contribution in [2.24, 2.45) is 5.73 Å². The molecule has 0 aliphatic heterocycles. The van der Waals surface area contributed by atoms with Crippen molar-refractivity contribution < 1.29 is 9.13 Å². The number of hydrogen-bond acceptors (Lipinski definition) is 2. The first kappa shape index (κ1) is 12.4. The van der Waals surface area contributed by atoms with Crippen LogP contribution in [0.25, 0.3) is 0 Å². The minimum absolute atomic E-state index is 0.00711. The maximum Gasteiger partial charge on any atom is 0.130 e. The highest BCUT2D eigenvalue weighted by atomic mass is 19.1.